The molecule has 2 rings (SSSR count). The third-order valence-electron chi connectivity index (χ3n) is 2.31. The molecule has 0 spiro atoms. The molecule has 19 heavy (non-hydrogen) atoms. The maximum atomic E-state index is 12.1. The van der Waals surface area contributed by atoms with E-state index in [0.717, 1.165) is 5.56 Å². The van der Waals surface area contributed by atoms with Crippen molar-refractivity contribution in [3.63, 3.8) is 0 Å². The molecule has 0 saturated carbocycles. The summed E-state index contributed by atoms with van der Waals surface area (Å²) in [6.07, 6.45) is 0. The first kappa shape index (κ1) is 13.8. The Morgan fingerprint density at radius 3 is 2.11 bits per heavy atom. The number of rotatable bonds is 4. The van der Waals surface area contributed by atoms with E-state index < -0.39 is 5.51 Å². The fourth-order valence-corrected chi connectivity index (χ4v) is 2.02. The lowest BCUT2D eigenvalue weighted by Gasteiger charge is -2.08. The number of hydrogen-bond acceptors (Lipinski definition) is 2. The molecule has 100 valence electrons. The first-order valence-electron chi connectivity index (χ1n) is 5.55. The van der Waals surface area contributed by atoms with E-state index in [4.69, 9.17) is 4.74 Å². The summed E-state index contributed by atoms with van der Waals surface area (Å²) in [4.78, 5) is 0.152. The molecule has 0 N–H and O–H groups in total. The van der Waals surface area contributed by atoms with Gasteiger partial charge in [0.05, 0.1) is 0 Å². The van der Waals surface area contributed by atoms with Crippen LogP contribution in [0.3, 0.4) is 0 Å². The van der Waals surface area contributed by atoms with Crippen molar-refractivity contribution >= 4 is 11.8 Å². The van der Waals surface area contributed by atoms with Crippen LogP contribution in [0.25, 0.3) is 0 Å². The van der Waals surface area contributed by atoms with Gasteiger partial charge in [-0.1, -0.05) is 30.3 Å². The molecule has 0 bridgehead atoms. The maximum Gasteiger partial charge on any atom is 0.446 e. The zero-order valence-electron chi connectivity index (χ0n) is 9.85. The highest BCUT2D eigenvalue weighted by Gasteiger charge is 2.28. The topological polar surface area (TPSA) is 9.23 Å². The summed E-state index contributed by atoms with van der Waals surface area (Å²) < 4.78 is 41.9. The second-order valence-corrected chi connectivity index (χ2v) is 4.93. The Bertz CT molecular complexity index is 508. The Morgan fingerprint density at radius 1 is 0.895 bits per heavy atom. The highest BCUT2D eigenvalue weighted by atomic mass is 32.2. The Labute approximate surface area is 113 Å². The SMILES string of the molecule is FC(F)(F)Sc1ccc(OCc2ccccc2)cc1. The monoisotopic (exact) mass is 284 g/mol. The Morgan fingerprint density at radius 2 is 1.53 bits per heavy atom. The summed E-state index contributed by atoms with van der Waals surface area (Å²) in [6.45, 7) is 0.395. The number of ether oxygens (including phenoxy) is 1. The molecule has 5 heteroatoms. The lowest BCUT2D eigenvalue weighted by molar-refractivity contribution is -0.0328. The number of hydrogen-bond donors (Lipinski definition) is 0. The van der Waals surface area contributed by atoms with E-state index >= 15 is 0 Å². The summed E-state index contributed by atoms with van der Waals surface area (Å²) >= 11 is -0.132. The van der Waals surface area contributed by atoms with Gasteiger partial charge in [-0.2, -0.15) is 13.2 Å². The average molecular weight is 284 g/mol. The van der Waals surface area contributed by atoms with Crippen molar-refractivity contribution in [2.45, 2.75) is 17.0 Å². The smallest absolute Gasteiger partial charge is 0.446 e. The van der Waals surface area contributed by atoms with Gasteiger partial charge in [0.25, 0.3) is 0 Å². The summed E-state index contributed by atoms with van der Waals surface area (Å²) in [5.41, 5.74) is -3.25. The van der Waals surface area contributed by atoms with Crippen LogP contribution < -0.4 is 4.74 Å². The lowest BCUT2D eigenvalue weighted by atomic mass is 10.2. The van der Waals surface area contributed by atoms with Crippen molar-refractivity contribution in [1.82, 2.24) is 0 Å². The molecule has 2 aromatic rings. The number of thioether (sulfide) groups is 1. The van der Waals surface area contributed by atoms with Crippen molar-refractivity contribution in [1.29, 1.82) is 0 Å². The Kier molecular flexibility index (Phi) is 4.37. The van der Waals surface area contributed by atoms with Gasteiger partial charge in [0.15, 0.2) is 0 Å². The maximum absolute atomic E-state index is 12.1. The van der Waals surface area contributed by atoms with Gasteiger partial charge in [-0.25, -0.2) is 0 Å². The van der Waals surface area contributed by atoms with E-state index in [-0.39, 0.29) is 16.7 Å². The molecule has 0 amide bonds. The second-order valence-electron chi connectivity index (χ2n) is 3.79. The molecule has 0 aliphatic carbocycles. The molecule has 0 radical (unpaired) electrons. The molecule has 0 heterocycles. The molecule has 0 unspecified atom stereocenters. The van der Waals surface area contributed by atoms with Crippen LogP contribution in [0.1, 0.15) is 5.56 Å². The van der Waals surface area contributed by atoms with Crippen LogP contribution in [0.4, 0.5) is 13.2 Å². The predicted molar refractivity (Wildman–Crippen MR) is 69.1 cm³/mol. The summed E-state index contributed by atoms with van der Waals surface area (Å²) in [5.74, 6) is 0.551. The minimum absolute atomic E-state index is 0.132. The van der Waals surface area contributed by atoms with E-state index in [1.807, 2.05) is 30.3 Å². The molecule has 0 aromatic heterocycles. The van der Waals surface area contributed by atoms with Gasteiger partial charge in [-0.3, -0.25) is 0 Å². The van der Waals surface area contributed by atoms with Crippen LogP contribution in [0, 0.1) is 0 Å². The van der Waals surface area contributed by atoms with Gasteiger partial charge < -0.3 is 4.74 Å². The molecular formula is C14H11F3OS. The van der Waals surface area contributed by atoms with Crippen LogP contribution in [0.5, 0.6) is 5.75 Å². The van der Waals surface area contributed by atoms with E-state index in [2.05, 4.69) is 0 Å². The fourth-order valence-electron chi connectivity index (χ4n) is 1.48. The molecule has 0 fully saturated rings. The van der Waals surface area contributed by atoms with Crippen LogP contribution in [-0.4, -0.2) is 5.51 Å². The first-order valence-corrected chi connectivity index (χ1v) is 6.37. The normalized spacial score (nSPS) is 11.3. The standard InChI is InChI=1S/C14H11F3OS/c15-14(16,17)19-13-8-6-12(7-9-13)18-10-11-4-2-1-3-5-11/h1-9H,10H2. The molecule has 0 saturated heterocycles. The molecule has 0 atom stereocenters. The average Bonchev–Trinajstić information content (AvgIpc) is 2.37. The predicted octanol–water partition coefficient (Wildman–Crippen LogP) is 4.88. The van der Waals surface area contributed by atoms with Crippen LogP contribution in [0.15, 0.2) is 59.5 Å². The summed E-state index contributed by atoms with van der Waals surface area (Å²) in [5, 5.41) is 0. The molecule has 1 nitrogen and oxygen atoms in total. The van der Waals surface area contributed by atoms with E-state index in [9.17, 15) is 13.2 Å². The van der Waals surface area contributed by atoms with Gasteiger partial charge in [-0.05, 0) is 41.6 Å². The van der Waals surface area contributed by atoms with Crippen molar-refractivity contribution in [3.8, 4) is 5.75 Å². The van der Waals surface area contributed by atoms with Gasteiger partial charge in [0, 0.05) is 4.90 Å². The van der Waals surface area contributed by atoms with Gasteiger partial charge >= 0.3 is 5.51 Å². The van der Waals surface area contributed by atoms with Gasteiger partial charge in [0.2, 0.25) is 0 Å². The molecule has 0 aliphatic heterocycles. The van der Waals surface area contributed by atoms with E-state index in [1.165, 1.54) is 24.3 Å². The van der Waals surface area contributed by atoms with Gasteiger partial charge in [0.1, 0.15) is 12.4 Å². The van der Waals surface area contributed by atoms with Crippen molar-refractivity contribution in [2.24, 2.45) is 0 Å². The minimum Gasteiger partial charge on any atom is -0.489 e. The highest BCUT2D eigenvalue weighted by Crippen LogP contribution is 2.37. The van der Waals surface area contributed by atoms with E-state index in [0.29, 0.717) is 12.4 Å². The molecule has 0 aliphatic rings. The van der Waals surface area contributed by atoms with Crippen LogP contribution in [0.2, 0.25) is 0 Å². The summed E-state index contributed by atoms with van der Waals surface area (Å²) in [6, 6.07) is 15.4. The lowest BCUT2D eigenvalue weighted by Crippen LogP contribution is -1.99. The molecule has 2 aromatic carbocycles. The first-order chi connectivity index (χ1) is 9.03. The van der Waals surface area contributed by atoms with Crippen molar-refractivity contribution in [3.05, 3.63) is 60.2 Å². The largest absolute Gasteiger partial charge is 0.489 e. The highest BCUT2D eigenvalue weighted by molar-refractivity contribution is 8.00. The molecular weight excluding hydrogens is 273 g/mol. The number of halogens is 3. The van der Waals surface area contributed by atoms with Crippen LogP contribution in [-0.2, 0) is 6.61 Å². The minimum atomic E-state index is -4.26. The van der Waals surface area contributed by atoms with E-state index in [1.54, 1.807) is 0 Å². The number of benzene rings is 2. The quantitative estimate of drug-likeness (QED) is 0.740. The zero-order valence-corrected chi connectivity index (χ0v) is 10.7. The number of alkyl halides is 3. The Hall–Kier alpha value is -1.62. The van der Waals surface area contributed by atoms with Crippen LogP contribution >= 0.6 is 11.8 Å². The third kappa shape index (κ3) is 4.87. The summed E-state index contributed by atoms with van der Waals surface area (Å²) in [7, 11) is 0. The zero-order chi connectivity index (χ0) is 13.7. The fraction of sp³-hybridized carbons (Fsp3) is 0.143. The van der Waals surface area contributed by atoms with Crippen molar-refractivity contribution in [2.75, 3.05) is 0 Å². The van der Waals surface area contributed by atoms with Gasteiger partial charge in [-0.15, -0.1) is 0 Å². The Balaban J connectivity index is 1.92. The van der Waals surface area contributed by atoms with Crippen molar-refractivity contribution < 1.29 is 17.9 Å². The third-order valence-corrected chi connectivity index (χ3v) is 3.04. The second kappa shape index (κ2) is 6.02.